The topological polar surface area (TPSA) is 66.5 Å². The van der Waals surface area contributed by atoms with E-state index in [1.807, 2.05) is 0 Å². The molecule has 2 aliphatic rings. The quantitative estimate of drug-likeness (QED) is 0.712. The molecule has 1 aliphatic carbocycles. The van der Waals surface area contributed by atoms with E-state index in [2.05, 4.69) is 5.32 Å². The second kappa shape index (κ2) is 8.17. The van der Waals surface area contributed by atoms with Crippen molar-refractivity contribution < 1.29 is 27.6 Å². The lowest BCUT2D eigenvalue weighted by Crippen LogP contribution is -2.41. The Labute approximate surface area is 177 Å². The van der Waals surface area contributed by atoms with E-state index in [4.69, 9.17) is 0 Å². The molecule has 3 amide bonds. The molecular formula is C23H21F3N2O3. The maximum absolute atomic E-state index is 12.9. The maximum Gasteiger partial charge on any atom is 0.416 e. The highest BCUT2D eigenvalue weighted by Crippen LogP contribution is 2.34. The van der Waals surface area contributed by atoms with E-state index in [-0.39, 0.29) is 35.9 Å². The number of hydrogen-bond donors (Lipinski definition) is 1. The first kappa shape index (κ1) is 21.1. The molecule has 2 aromatic carbocycles. The smallest absolute Gasteiger partial charge is 0.326 e. The van der Waals surface area contributed by atoms with E-state index >= 15 is 0 Å². The minimum Gasteiger partial charge on any atom is -0.326 e. The molecule has 1 saturated carbocycles. The lowest BCUT2D eigenvalue weighted by Gasteiger charge is -2.32. The first-order valence-electron chi connectivity index (χ1n) is 10.2. The zero-order valence-electron chi connectivity index (χ0n) is 16.6. The van der Waals surface area contributed by atoms with Crippen molar-refractivity contribution in [3.05, 3.63) is 65.2 Å². The molecule has 2 atom stereocenters. The monoisotopic (exact) mass is 430 g/mol. The van der Waals surface area contributed by atoms with Gasteiger partial charge in [-0.15, -0.1) is 0 Å². The van der Waals surface area contributed by atoms with Crippen molar-refractivity contribution in [3.63, 3.8) is 0 Å². The molecule has 0 spiro atoms. The lowest BCUT2D eigenvalue weighted by atomic mass is 9.78. The van der Waals surface area contributed by atoms with E-state index in [9.17, 15) is 27.6 Å². The number of carbonyl (C=O) groups excluding carboxylic acids is 3. The predicted molar refractivity (Wildman–Crippen MR) is 107 cm³/mol. The largest absolute Gasteiger partial charge is 0.416 e. The van der Waals surface area contributed by atoms with Crippen molar-refractivity contribution in [3.8, 4) is 0 Å². The van der Waals surface area contributed by atoms with Gasteiger partial charge in [0.1, 0.15) is 0 Å². The molecule has 5 nitrogen and oxygen atoms in total. The third-order valence-corrected chi connectivity index (χ3v) is 6.02. The number of anilines is 1. The lowest BCUT2D eigenvalue weighted by molar-refractivity contribution is -0.137. The van der Waals surface area contributed by atoms with Crippen LogP contribution in [0.4, 0.5) is 18.9 Å². The molecule has 8 heteroatoms. The summed E-state index contributed by atoms with van der Waals surface area (Å²) in [6.07, 6.45) is -1.43. The Kier molecular flexibility index (Phi) is 5.56. The summed E-state index contributed by atoms with van der Waals surface area (Å²) in [7, 11) is 0. The number of rotatable bonds is 4. The van der Waals surface area contributed by atoms with Gasteiger partial charge in [-0.2, -0.15) is 13.2 Å². The Morgan fingerprint density at radius 3 is 2.10 bits per heavy atom. The zero-order valence-corrected chi connectivity index (χ0v) is 16.6. The number of nitrogens with one attached hydrogen (secondary N) is 1. The van der Waals surface area contributed by atoms with Crippen LogP contribution in [0.2, 0.25) is 0 Å². The van der Waals surface area contributed by atoms with Crippen molar-refractivity contribution in [2.45, 2.75) is 31.9 Å². The van der Waals surface area contributed by atoms with Crippen LogP contribution in [0.15, 0.2) is 48.5 Å². The average molecular weight is 430 g/mol. The second-order valence-electron chi connectivity index (χ2n) is 7.98. The highest BCUT2D eigenvalue weighted by atomic mass is 19.4. The van der Waals surface area contributed by atoms with Crippen LogP contribution in [-0.4, -0.2) is 29.2 Å². The van der Waals surface area contributed by atoms with Gasteiger partial charge in [-0.25, -0.2) is 0 Å². The highest BCUT2D eigenvalue weighted by molar-refractivity contribution is 6.21. The summed E-state index contributed by atoms with van der Waals surface area (Å²) in [6, 6.07) is 10.9. The van der Waals surface area contributed by atoms with Gasteiger partial charge in [0.15, 0.2) is 0 Å². The highest BCUT2D eigenvalue weighted by Gasteiger charge is 2.40. The number of halogens is 3. The predicted octanol–water partition coefficient (Wildman–Crippen LogP) is 4.75. The van der Waals surface area contributed by atoms with Gasteiger partial charge in [0.05, 0.1) is 16.7 Å². The van der Waals surface area contributed by atoms with Crippen LogP contribution in [0.25, 0.3) is 0 Å². The minimum atomic E-state index is -4.44. The van der Waals surface area contributed by atoms with Crippen LogP contribution < -0.4 is 5.32 Å². The van der Waals surface area contributed by atoms with Crippen molar-refractivity contribution in [2.75, 3.05) is 11.9 Å². The number of benzene rings is 2. The molecule has 0 bridgehead atoms. The summed E-state index contributed by atoms with van der Waals surface area (Å²) in [5.74, 6) is -1.65. The summed E-state index contributed by atoms with van der Waals surface area (Å²) in [6.45, 7) is 0.150. The van der Waals surface area contributed by atoms with Crippen molar-refractivity contribution >= 4 is 23.4 Å². The number of imide groups is 1. The third kappa shape index (κ3) is 4.19. The Morgan fingerprint density at radius 1 is 0.935 bits per heavy atom. The van der Waals surface area contributed by atoms with Gasteiger partial charge in [0.2, 0.25) is 5.91 Å². The summed E-state index contributed by atoms with van der Waals surface area (Å²) < 4.78 is 38.2. The Bertz CT molecular complexity index is 982. The molecule has 0 aromatic heterocycles. The Morgan fingerprint density at radius 2 is 1.52 bits per heavy atom. The Balaban J connectivity index is 1.46. The van der Waals surface area contributed by atoms with Crippen LogP contribution in [-0.2, 0) is 11.0 Å². The molecule has 1 heterocycles. The maximum atomic E-state index is 12.9. The first-order chi connectivity index (χ1) is 14.8. The number of hydrogen-bond acceptors (Lipinski definition) is 3. The normalized spacial score (nSPS) is 21.2. The molecule has 1 N–H and O–H groups in total. The Hall–Kier alpha value is -3.16. The standard InChI is InChI=1S/C23H21F3N2O3/c24-23(25,26)15-9-11-16(12-10-15)27-20(29)17-6-2-1-5-14(17)13-28-21(30)18-7-3-4-8-19(18)22(28)31/h3-4,7-12,14,17H,1-2,5-6,13H2,(H,27,29). The average Bonchev–Trinajstić information content (AvgIpc) is 2.99. The number of carbonyl (C=O) groups is 3. The molecule has 2 unspecified atom stereocenters. The van der Waals surface area contributed by atoms with E-state index < -0.39 is 17.7 Å². The summed E-state index contributed by atoms with van der Waals surface area (Å²) in [5, 5.41) is 2.69. The van der Waals surface area contributed by atoms with Gasteiger partial charge in [-0.05, 0) is 55.2 Å². The van der Waals surface area contributed by atoms with Crippen LogP contribution in [0.5, 0.6) is 0 Å². The van der Waals surface area contributed by atoms with Crippen LogP contribution in [0.1, 0.15) is 52.0 Å². The first-order valence-corrected chi connectivity index (χ1v) is 10.2. The van der Waals surface area contributed by atoms with Crippen molar-refractivity contribution in [1.29, 1.82) is 0 Å². The van der Waals surface area contributed by atoms with Gasteiger partial charge in [0.25, 0.3) is 11.8 Å². The second-order valence-corrected chi connectivity index (χ2v) is 7.98. The number of fused-ring (bicyclic) bond motifs is 1. The fourth-order valence-electron chi connectivity index (χ4n) is 4.39. The molecule has 0 radical (unpaired) electrons. The zero-order chi connectivity index (χ0) is 22.2. The molecule has 0 saturated heterocycles. The van der Waals surface area contributed by atoms with Crippen molar-refractivity contribution in [2.24, 2.45) is 11.8 Å². The molecule has 2 aromatic rings. The van der Waals surface area contributed by atoms with Gasteiger partial charge in [-0.1, -0.05) is 25.0 Å². The third-order valence-electron chi connectivity index (χ3n) is 6.02. The van der Waals surface area contributed by atoms with Gasteiger partial charge >= 0.3 is 6.18 Å². The van der Waals surface area contributed by atoms with Crippen molar-refractivity contribution in [1.82, 2.24) is 4.90 Å². The summed E-state index contributed by atoms with van der Waals surface area (Å²) in [5.41, 5.74) is 0.234. The SMILES string of the molecule is O=C(Nc1ccc(C(F)(F)F)cc1)C1CCCCC1CN1C(=O)c2ccccc2C1=O. The molecule has 31 heavy (non-hydrogen) atoms. The molecule has 4 rings (SSSR count). The number of amides is 3. The summed E-state index contributed by atoms with van der Waals surface area (Å²) in [4.78, 5) is 39.4. The fourth-order valence-corrected chi connectivity index (χ4v) is 4.39. The number of alkyl halides is 3. The van der Waals surface area contributed by atoms with Gasteiger partial charge in [0, 0.05) is 18.2 Å². The van der Waals surface area contributed by atoms with E-state index in [0.29, 0.717) is 24.0 Å². The fraction of sp³-hybridized carbons (Fsp3) is 0.348. The molecule has 1 aliphatic heterocycles. The minimum absolute atomic E-state index is 0.150. The van der Waals surface area contributed by atoms with Crippen LogP contribution in [0, 0.1) is 11.8 Å². The summed E-state index contributed by atoms with van der Waals surface area (Å²) >= 11 is 0. The molecule has 1 fully saturated rings. The van der Waals surface area contributed by atoms with Gasteiger partial charge < -0.3 is 5.32 Å². The van der Waals surface area contributed by atoms with Crippen LogP contribution in [0.3, 0.4) is 0 Å². The van der Waals surface area contributed by atoms with Gasteiger partial charge in [-0.3, -0.25) is 19.3 Å². The van der Waals surface area contributed by atoms with E-state index in [0.717, 1.165) is 25.0 Å². The molecular weight excluding hydrogens is 409 g/mol. The van der Waals surface area contributed by atoms with E-state index in [1.54, 1.807) is 24.3 Å². The van der Waals surface area contributed by atoms with E-state index in [1.165, 1.54) is 17.0 Å². The number of nitrogens with zero attached hydrogens (tertiary/aromatic N) is 1. The molecule has 162 valence electrons. The van der Waals surface area contributed by atoms with Crippen LogP contribution >= 0.6 is 0 Å².